The van der Waals surface area contributed by atoms with E-state index in [2.05, 4.69) is 5.32 Å². The van der Waals surface area contributed by atoms with Gasteiger partial charge >= 0.3 is 12.3 Å². The zero-order valence-electron chi connectivity index (χ0n) is 9.97. The molecule has 3 N–H and O–H groups in total. The number of hydrogen-bond donors (Lipinski definition) is 2. The molecule has 1 unspecified atom stereocenters. The number of nitrogens with one attached hydrogen (secondary N) is 1. The lowest BCUT2D eigenvalue weighted by molar-refractivity contribution is -0.125. The molecule has 0 aliphatic heterocycles. The molecule has 0 aromatic heterocycles. The van der Waals surface area contributed by atoms with Crippen LogP contribution in [0.5, 0.6) is 0 Å². The van der Waals surface area contributed by atoms with Gasteiger partial charge in [0, 0.05) is 6.54 Å². The van der Waals surface area contributed by atoms with Crippen LogP contribution in [0.4, 0.5) is 17.6 Å². The van der Waals surface area contributed by atoms with Crippen molar-refractivity contribution in [3.05, 3.63) is 35.9 Å². The number of benzene rings is 1. The van der Waals surface area contributed by atoms with E-state index in [1.807, 2.05) is 0 Å². The molecule has 0 aliphatic rings. The van der Waals surface area contributed by atoms with Crippen molar-refractivity contribution >= 4 is 0 Å². The summed E-state index contributed by atoms with van der Waals surface area (Å²) in [5.41, 5.74) is 5.81. The van der Waals surface area contributed by atoms with E-state index in [0.717, 1.165) is 5.56 Å². The molecule has 6 heteroatoms. The topological polar surface area (TPSA) is 38.0 Å². The van der Waals surface area contributed by atoms with Crippen molar-refractivity contribution in [1.82, 2.24) is 5.32 Å². The molecule has 0 saturated carbocycles. The summed E-state index contributed by atoms with van der Waals surface area (Å²) in [5.74, 6) is -4.03. The number of hydrogen-bond acceptors (Lipinski definition) is 2. The first-order valence-corrected chi connectivity index (χ1v) is 5.47. The molecular weight excluding hydrogens is 248 g/mol. The Morgan fingerprint density at radius 3 is 2.22 bits per heavy atom. The Kier molecular flexibility index (Phi) is 4.70. The maximum Gasteiger partial charge on any atom is 0.319 e. The molecule has 1 aromatic carbocycles. The molecule has 0 heterocycles. The number of rotatable bonds is 6. The van der Waals surface area contributed by atoms with Gasteiger partial charge in [0.15, 0.2) is 0 Å². The van der Waals surface area contributed by atoms with Crippen LogP contribution >= 0.6 is 0 Å². The molecule has 102 valence electrons. The summed E-state index contributed by atoms with van der Waals surface area (Å²) >= 11 is 0. The maximum absolute atomic E-state index is 12.7. The molecule has 0 amide bonds. The molecule has 2 nitrogen and oxygen atoms in total. The highest BCUT2D eigenvalue weighted by Gasteiger charge is 2.40. The third-order valence-electron chi connectivity index (χ3n) is 2.61. The van der Waals surface area contributed by atoms with Gasteiger partial charge in [-0.25, -0.2) is 8.78 Å². The van der Waals surface area contributed by atoms with Gasteiger partial charge in [0.2, 0.25) is 0 Å². The number of alkyl halides is 4. The van der Waals surface area contributed by atoms with Gasteiger partial charge < -0.3 is 11.1 Å². The Labute approximate surface area is 103 Å². The SMILES string of the molecule is CC(N)(CNCC(F)(F)C(F)F)c1ccccc1. The van der Waals surface area contributed by atoms with E-state index in [1.54, 1.807) is 37.3 Å². The summed E-state index contributed by atoms with van der Waals surface area (Å²) < 4.78 is 49.2. The zero-order valence-corrected chi connectivity index (χ0v) is 9.97. The lowest BCUT2D eigenvalue weighted by Gasteiger charge is -2.27. The third kappa shape index (κ3) is 3.96. The fourth-order valence-electron chi connectivity index (χ4n) is 1.49. The van der Waals surface area contributed by atoms with E-state index in [-0.39, 0.29) is 6.54 Å². The van der Waals surface area contributed by atoms with Crippen molar-refractivity contribution in [2.75, 3.05) is 13.1 Å². The summed E-state index contributed by atoms with van der Waals surface area (Å²) in [6, 6.07) is 8.86. The van der Waals surface area contributed by atoms with Gasteiger partial charge in [0.1, 0.15) is 0 Å². The second-order valence-electron chi connectivity index (χ2n) is 4.45. The predicted octanol–water partition coefficient (Wildman–Crippen LogP) is 2.35. The minimum Gasteiger partial charge on any atom is -0.321 e. The van der Waals surface area contributed by atoms with Crippen LogP contribution in [-0.4, -0.2) is 25.4 Å². The van der Waals surface area contributed by atoms with Gasteiger partial charge in [-0.3, -0.25) is 0 Å². The normalized spacial score (nSPS) is 15.7. The fourth-order valence-corrected chi connectivity index (χ4v) is 1.49. The molecule has 0 fully saturated rings. The largest absolute Gasteiger partial charge is 0.321 e. The summed E-state index contributed by atoms with van der Waals surface area (Å²) in [4.78, 5) is 0. The van der Waals surface area contributed by atoms with Gasteiger partial charge in [0.05, 0.1) is 12.1 Å². The monoisotopic (exact) mass is 264 g/mol. The second-order valence-corrected chi connectivity index (χ2v) is 4.45. The van der Waals surface area contributed by atoms with Crippen LogP contribution in [0.15, 0.2) is 30.3 Å². The van der Waals surface area contributed by atoms with Crippen molar-refractivity contribution < 1.29 is 17.6 Å². The van der Waals surface area contributed by atoms with Crippen LogP contribution in [0.3, 0.4) is 0 Å². The second kappa shape index (κ2) is 5.67. The average Bonchev–Trinajstić information content (AvgIpc) is 2.29. The Morgan fingerprint density at radius 1 is 1.17 bits per heavy atom. The first-order chi connectivity index (χ1) is 8.26. The van der Waals surface area contributed by atoms with Gasteiger partial charge in [0.25, 0.3) is 0 Å². The Morgan fingerprint density at radius 2 is 1.72 bits per heavy atom. The van der Waals surface area contributed by atoms with Crippen LogP contribution in [0.2, 0.25) is 0 Å². The van der Waals surface area contributed by atoms with Crippen LogP contribution < -0.4 is 11.1 Å². The highest BCUT2D eigenvalue weighted by molar-refractivity contribution is 5.23. The third-order valence-corrected chi connectivity index (χ3v) is 2.61. The lowest BCUT2D eigenvalue weighted by Crippen LogP contribution is -2.48. The van der Waals surface area contributed by atoms with E-state index >= 15 is 0 Å². The molecule has 1 rings (SSSR count). The van der Waals surface area contributed by atoms with E-state index in [1.165, 1.54) is 0 Å². The van der Waals surface area contributed by atoms with Crippen LogP contribution in [0, 0.1) is 0 Å². The van der Waals surface area contributed by atoms with E-state index < -0.39 is 24.4 Å². The van der Waals surface area contributed by atoms with Crippen LogP contribution in [-0.2, 0) is 5.54 Å². The first kappa shape index (κ1) is 14.9. The van der Waals surface area contributed by atoms with Crippen LogP contribution in [0.25, 0.3) is 0 Å². The Hall–Kier alpha value is -1.14. The molecule has 0 aliphatic carbocycles. The van der Waals surface area contributed by atoms with Gasteiger partial charge in [-0.05, 0) is 12.5 Å². The summed E-state index contributed by atoms with van der Waals surface area (Å²) in [7, 11) is 0. The van der Waals surface area contributed by atoms with Crippen molar-refractivity contribution in [2.45, 2.75) is 24.8 Å². The van der Waals surface area contributed by atoms with Gasteiger partial charge in [-0.2, -0.15) is 8.78 Å². The fraction of sp³-hybridized carbons (Fsp3) is 0.500. The molecular formula is C12H16F4N2. The van der Waals surface area contributed by atoms with Crippen LogP contribution in [0.1, 0.15) is 12.5 Å². The van der Waals surface area contributed by atoms with Gasteiger partial charge in [-0.15, -0.1) is 0 Å². The number of nitrogens with two attached hydrogens (primary N) is 1. The van der Waals surface area contributed by atoms with Crippen molar-refractivity contribution in [3.63, 3.8) is 0 Å². The minimum absolute atomic E-state index is 0.0146. The molecule has 0 spiro atoms. The number of halogens is 4. The summed E-state index contributed by atoms with van der Waals surface area (Å²) in [6.45, 7) is 0.541. The van der Waals surface area contributed by atoms with Crippen molar-refractivity contribution in [1.29, 1.82) is 0 Å². The summed E-state index contributed by atoms with van der Waals surface area (Å²) in [6.07, 6.45) is -3.68. The molecule has 1 atom stereocenters. The highest BCUT2D eigenvalue weighted by Crippen LogP contribution is 2.22. The van der Waals surface area contributed by atoms with E-state index in [9.17, 15) is 17.6 Å². The maximum atomic E-state index is 12.7. The molecule has 0 bridgehead atoms. The predicted molar refractivity (Wildman–Crippen MR) is 61.8 cm³/mol. The molecule has 0 saturated heterocycles. The Bertz CT molecular complexity index is 366. The Balaban J connectivity index is 2.53. The minimum atomic E-state index is -4.03. The molecule has 18 heavy (non-hydrogen) atoms. The lowest BCUT2D eigenvalue weighted by atomic mass is 9.93. The van der Waals surface area contributed by atoms with Gasteiger partial charge in [-0.1, -0.05) is 30.3 Å². The molecule has 0 radical (unpaired) electrons. The first-order valence-electron chi connectivity index (χ1n) is 5.47. The van der Waals surface area contributed by atoms with E-state index in [0.29, 0.717) is 0 Å². The average molecular weight is 264 g/mol. The quantitative estimate of drug-likeness (QED) is 0.774. The smallest absolute Gasteiger partial charge is 0.319 e. The van der Waals surface area contributed by atoms with Crippen molar-refractivity contribution in [2.24, 2.45) is 5.73 Å². The van der Waals surface area contributed by atoms with Crippen molar-refractivity contribution in [3.8, 4) is 0 Å². The zero-order chi connectivity index (χ0) is 13.8. The highest BCUT2D eigenvalue weighted by atomic mass is 19.3. The summed E-state index contributed by atoms with van der Waals surface area (Å²) in [5, 5.41) is 2.29. The van der Waals surface area contributed by atoms with E-state index in [4.69, 9.17) is 5.73 Å². The standard InChI is InChI=1S/C12H16F4N2/c1-11(17,9-5-3-2-4-6-9)7-18-8-12(15,16)10(13)14/h2-6,10,18H,7-8,17H2,1H3. The molecule has 1 aromatic rings.